The molecule has 0 radical (unpaired) electrons. The Balaban J connectivity index is 2.28. The Kier molecular flexibility index (Phi) is 1.75. The van der Waals surface area contributed by atoms with Gasteiger partial charge in [-0.05, 0) is 30.3 Å². The molecule has 0 amide bonds. The molecule has 15 heavy (non-hydrogen) atoms. The van der Waals surface area contributed by atoms with E-state index in [9.17, 15) is 0 Å². The minimum Gasteiger partial charge on any atom is -0.285 e. The van der Waals surface area contributed by atoms with E-state index >= 15 is 0 Å². The molecule has 0 saturated carbocycles. The molecule has 3 heteroatoms. The monoisotopic (exact) mass is 195 g/mol. The van der Waals surface area contributed by atoms with Crippen LogP contribution in [0.2, 0.25) is 0 Å². The summed E-state index contributed by atoms with van der Waals surface area (Å²) in [6, 6.07) is 11.9. The van der Waals surface area contributed by atoms with E-state index in [4.69, 9.17) is 0 Å². The van der Waals surface area contributed by atoms with Gasteiger partial charge in [0.15, 0.2) is 0 Å². The molecule has 0 fully saturated rings. The first-order valence-corrected chi connectivity index (χ1v) is 4.79. The Morgan fingerprint density at radius 1 is 0.867 bits per heavy atom. The molecule has 3 rings (SSSR count). The summed E-state index contributed by atoms with van der Waals surface area (Å²) in [5, 5.41) is 1.13. The van der Waals surface area contributed by atoms with Gasteiger partial charge in [0.2, 0.25) is 0 Å². The Labute approximate surface area is 87.0 Å². The van der Waals surface area contributed by atoms with Crippen LogP contribution >= 0.6 is 0 Å². The summed E-state index contributed by atoms with van der Waals surface area (Å²) < 4.78 is 1.98. The van der Waals surface area contributed by atoms with Gasteiger partial charge in [-0.2, -0.15) is 0 Å². The second-order valence-electron chi connectivity index (χ2n) is 3.29. The molecule has 3 aromatic rings. The van der Waals surface area contributed by atoms with E-state index in [0.717, 1.165) is 16.9 Å². The molecule has 3 aromatic heterocycles. The first-order chi connectivity index (χ1) is 7.45. The summed E-state index contributed by atoms with van der Waals surface area (Å²) in [7, 11) is 0. The number of hydrogen-bond acceptors (Lipinski definition) is 2. The second kappa shape index (κ2) is 3.20. The van der Waals surface area contributed by atoms with Gasteiger partial charge in [0.05, 0.1) is 0 Å². The van der Waals surface area contributed by atoms with Gasteiger partial charge in [-0.25, -0.2) is 9.97 Å². The highest BCUT2D eigenvalue weighted by molar-refractivity contribution is 5.77. The molecule has 0 aliphatic carbocycles. The fourth-order valence-electron chi connectivity index (χ4n) is 1.65. The van der Waals surface area contributed by atoms with E-state index in [-0.39, 0.29) is 0 Å². The first-order valence-electron chi connectivity index (χ1n) is 4.79. The lowest BCUT2D eigenvalue weighted by molar-refractivity contribution is 1.02. The molecule has 0 atom stereocenters. The minimum atomic E-state index is 0.895. The highest BCUT2D eigenvalue weighted by Crippen LogP contribution is 2.15. The quantitative estimate of drug-likeness (QED) is 0.597. The number of hydrogen-bond donors (Lipinski definition) is 0. The van der Waals surface area contributed by atoms with Crippen molar-refractivity contribution in [2.75, 3.05) is 0 Å². The first kappa shape index (κ1) is 8.17. The van der Waals surface area contributed by atoms with Crippen LogP contribution in [0.4, 0.5) is 0 Å². The maximum absolute atomic E-state index is 4.34. The van der Waals surface area contributed by atoms with Crippen molar-refractivity contribution in [2.24, 2.45) is 0 Å². The zero-order valence-corrected chi connectivity index (χ0v) is 8.04. The van der Waals surface area contributed by atoms with Crippen LogP contribution in [0.5, 0.6) is 0 Å². The number of rotatable bonds is 1. The molecule has 0 unspecified atom stereocenters. The molecule has 0 aromatic carbocycles. The van der Waals surface area contributed by atoms with Crippen LogP contribution in [0.15, 0.2) is 55.0 Å². The second-order valence-corrected chi connectivity index (χ2v) is 3.29. The lowest BCUT2D eigenvalue weighted by Crippen LogP contribution is -1.95. The van der Waals surface area contributed by atoms with Crippen LogP contribution in [-0.2, 0) is 0 Å². The van der Waals surface area contributed by atoms with Gasteiger partial charge in [0, 0.05) is 24.0 Å². The van der Waals surface area contributed by atoms with Crippen molar-refractivity contribution in [1.82, 2.24) is 14.5 Å². The van der Waals surface area contributed by atoms with Crippen LogP contribution in [0, 0.1) is 0 Å². The largest absolute Gasteiger partial charge is 0.285 e. The summed E-state index contributed by atoms with van der Waals surface area (Å²) in [5.41, 5.74) is 0.941. The van der Waals surface area contributed by atoms with Crippen molar-refractivity contribution < 1.29 is 0 Å². The van der Waals surface area contributed by atoms with Gasteiger partial charge >= 0.3 is 0 Å². The number of aromatic nitrogens is 3. The topological polar surface area (TPSA) is 30.7 Å². The van der Waals surface area contributed by atoms with Gasteiger partial charge in [0.1, 0.15) is 11.5 Å². The maximum atomic E-state index is 4.34. The van der Waals surface area contributed by atoms with Crippen LogP contribution in [0.1, 0.15) is 0 Å². The zero-order valence-electron chi connectivity index (χ0n) is 8.04. The molecule has 0 saturated heterocycles. The summed E-state index contributed by atoms with van der Waals surface area (Å²) in [6.07, 6.45) is 5.56. The molecule has 3 heterocycles. The van der Waals surface area contributed by atoms with Crippen LogP contribution in [-0.4, -0.2) is 14.5 Å². The highest BCUT2D eigenvalue weighted by Gasteiger charge is 2.02. The van der Waals surface area contributed by atoms with E-state index in [1.54, 1.807) is 12.4 Å². The molecule has 0 aliphatic rings. The standard InChI is InChI=1S/C12H9N3/c1-2-7-13-11(5-1)15-9-6-10-4-3-8-14-12(10)15/h1-9H. The number of pyridine rings is 2. The van der Waals surface area contributed by atoms with Crippen molar-refractivity contribution in [3.63, 3.8) is 0 Å². The smallest absolute Gasteiger partial charge is 0.145 e. The number of fused-ring (bicyclic) bond motifs is 1. The third kappa shape index (κ3) is 1.29. The molecular formula is C12H9N3. The Morgan fingerprint density at radius 2 is 1.80 bits per heavy atom. The van der Waals surface area contributed by atoms with E-state index in [1.165, 1.54) is 0 Å². The molecule has 0 bridgehead atoms. The highest BCUT2D eigenvalue weighted by atomic mass is 15.1. The lowest BCUT2D eigenvalue weighted by atomic mass is 10.3. The Hall–Kier alpha value is -2.16. The summed E-state index contributed by atoms with van der Waals surface area (Å²) in [5.74, 6) is 0.895. The number of nitrogens with zero attached hydrogens (tertiary/aromatic N) is 3. The van der Waals surface area contributed by atoms with Crippen molar-refractivity contribution >= 4 is 11.0 Å². The zero-order chi connectivity index (χ0) is 10.1. The Morgan fingerprint density at radius 3 is 2.67 bits per heavy atom. The van der Waals surface area contributed by atoms with Crippen molar-refractivity contribution in [3.05, 3.63) is 55.0 Å². The van der Waals surface area contributed by atoms with Crippen LogP contribution in [0.25, 0.3) is 16.9 Å². The van der Waals surface area contributed by atoms with Crippen LogP contribution < -0.4 is 0 Å². The minimum absolute atomic E-state index is 0.895. The SMILES string of the molecule is c1ccc(-n2ccc3cccnc32)nc1. The fraction of sp³-hybridized carbons (Fsp3) is 0. The van der Waals surface area contributed by atoms with Gasteiger partial charge in [0.25, 0.3) is 0 Å². The van der Waals surface area contributed by atoms with E-state index in [2.05, 4.69) is 9.97 Å². The van der Waals surface area contributed by atoms with E-state index in [0.29, 0.717) is 0 Å². The normalized spacial score (nSPS) is 10.7. The molecule has 72 valence electrons. The van der Waals surface area contributed by atoms with Crippen molar-refractivity contribution in [1.29, 1.82) is 0 Å². The van der Waals surface area contributed by atoms with Crippen molar-refractivity contribution in [3.8, 4) is 5.82 Å². The molecule has 3 nitrogen and oxygen atoms in total. The van der Waals surface area contributed by atoms with Crippen molar-refractivity contribution in [2.45, 2.75) is 0 Å². The van der Waals surface area contributed by atoms with Gasteiger partial charge in [-0.3, -0.25) is 4.57 Å². The molecule has 0 N–H and O–H groups in total. The summed E-state index contributed by atoms with van der Waals surface area (Å²) in [4.78, 5) is 8.63. The lowest BCUT2D eigenvalue weighted by Gasteiger charge is -2.01. The van der Waals surface area contributed by atoms with Gasteiger partial charge in [-0.15, -0.1) is 0 Å². The van der Waals surface area contributed by atoms with E-state index in [1.807, 2.05) is 47.2 Å². The third-order valence-corrected chi connectivity index (χ3v) is 2.34. The summed E-state index contributed by atoms with van der Waals surface area (Å²) >= 11 is 0. The van der Waals surface area contributed by atoms with E-state index < -0.39 is 0 Å². The maximum Gasteiger partial charge on any atom is 0.145 e. The fourth-order valence-corrected chi connectivity index (χ4v) is 1.65. The predicted octanol–water partition coefficient (Wildman–Crippen LogP) is 2.42. The molecule has 0 aliphatic heterocycles. The molecular weight excluding hydrogens is 186 g/mol. The average molecular weight is 195 g/mol. The predicted molar refractivity (Wildman–Crippen MR) is 58.9 cm³/mol. The van der Waals surface area contributed by atoms with Crippen LogP contribution in [0.3, 0.4) is 0 Å². The third-order valence-electron chi connectivity index (χ3n) is 2.34. The summed E-state index contributed by atoms with van der Waals surface area (Å²) in [6.45, 7) is 0. The molecule has 0 spiro atoms. The van der Waals surface area contributed by atoms with Gasteiger partial charge in [-0.1, -0.05) is 6.07 Å². The van der Waals surface area contributed by atoms with Gasteiger partial charge < -0.3 is 0 Å². The Bertz CT molecular complexity index is 584. The average Bonchev–Trinajstić information content (AvgIpc) is 2.74.